The van der Waals surface area contributed by atoms with E-state index >= 15 is 0 Å². The van der Waals surface area contributed by atoms with E-state index in [1.807, 2.05) is 13.8 Å². The summed E-state index contributed by atoms with van der Waals surface area (Å²) in [6.07, 6.45) is 5.89. The van der Waals surface area contributed by atoms with Crippen LogP contribution < -0.4 is 0 Å². The predicted molar refractivity (Wildman–Crippen MR) is 54.8 cm³/mol. The Morgan fingerprint density at radius 2 is 2.00 bits per heavy atom. The van der Waals surface area contributed by atoms with Gasteiger partial charge >= 0.3 is 0 Å². The maximum absolute atomic E-state index is 11.5. The SMILES string of the molecule is CCC(=O)C(C)N(C)C1CCCC1. The largest absolute Gasteiger partial charge is 0.298 e. The molecule has 0 spiro atoms. The summed E-state index contributed by atoms with van der Waals surface area (Å²) in [5.74, 6) is 0.370. The molecule has 0 aromatic carbocycles. The highest BCUT2D eigenvalue weighted by Crippen LogP contribution is 2.24. The third-order valence-corrected chi connectivity index (χ3v) is 3.33. The van der Waals surface area contributed by atoms with E-state index < -0.39 is 0 Å². The Morgan fingerprint density at radius 3 is 2.46 bits per heavy atom. The normalized spacial score (nSPS) is 20.9. The van der Waals surface area contributed by atoms with Gasteiger partial charge in [-0.05, 0) is 26.8 Å². The summed E-state index contributed by atoms with van der Waals surface area (Å²) < 4.78 is 0. The first-order chi connectivity index (χ1) is 6.16. The van der Waals surface area contributed by atoms with Gasteiger partial charge in [0.25, 0.3) is 0 Å². The Hall–Kier alpha value is -0.370. The lowest BCUT2D eigenvalue weighted by atomic mass is 10.1. The van der Waals surface area contributed by atoms with Gasteiger partial charge in [-0.2, -0.15) is 0 Å². The Morgan fingerprint density at radius 1 is 1.46 bits per heavy atom. The van der Waals surface area contributed by atoms with Crippen LogP contribution in [0.1, 0.15) is 46.0 Å². The number of carbonyl (C=O) groups is 1. The molecule has 0 N–H and O–H groups in total. The predicted octanol–water partition coefficient (Wildman–Crippen LogP) is 2.23. The average Bonchev–Trinajstić information content (AvgIpc) is 2.67. The number of nitrogens with zero attached hydrogens (tertiary/aromatic N) is 1. The first kappa shape index (κ1) is 10.7. The van der Waals surface area contributed by atoms with E-state index in [0.29, 0.717) is 18.2 Å². The molecule has 0 aromatic heterocycles. The maximum Gasteiger partial charge on any atom is 0.149 e. The molecule has 1 fully saturated rings. The highest BCUT2D eigenvalue weighted by molar-refractivity contribution is 5.83. The molecule has 1 atom stereocenters. The Balaban J connectivity index is 2.45. The topological polar surface area (TPSA) is 20.3 Å². The average molecular weight is 183 g/mol. The summed E-state index contributed by atoms with van der Waals surface area (Å²) in [7, 11) is 2.09. The van der Waals surface area contributed by atoms with Gasteiger partial charge in [0.2, 0.25) is 0 Å². The van der Waals surface area contributed by atoms with Crippen molar-refractivity contribution in [2.24, 2.45) is 0 Å². The molecule has 0 heterocycles. The van der Waals surface area contributed by atoms with Gasteiger partial charge in [-0.1, -0.05) is 19.8 Å². The molecular weight excluding hydrogens is 162 g/mol. The zero-order valence-corrected chi connectivity index (χ0v) is 9.05. The number of rotatable bonds is 4. The van der Waals surface area contributed by atoms with Crippen molar-refractivity contribution >= 4 is 5.78 Å². The van der Waals surface area contributed by atoms with Crippen molar-refractivity contribution in [1.82, 2.24) is 4.90 Å². The van der Waals surface area contributed by atoms with Crippen molar-refractivity contribution in [3.8, 4) is 0 Å². The van der Waals surface area contributed by atoms with E-state index in [1.54, 1.807) is 0 Å². The van der Waals surface area contributed by atoms with Crippen LogP contribution in [-0.2, 0) is 4.79 Å². The molecule has 0 bridgehead atoms. The van der Waals surface area contributed by atoms with Gasteiger partial charge in [-0.25, -0.2) is 0 Å². The number of carbonyl (C=O) groups excluding carboxylic acids is 1. The van der Waals surface area contributed by atoms with E-state index in [4.69, 9.17) is 0 Å². The Bertz CT molecular complexity index is 173. The molecule has 1 aliphatic rings. The van der Waals surface area contributed by atoms with Crippen molar-refractivity contribution in [3.05, 3.63) is 0 Å². The van der Waals surface area contributed by atoms with Crippen molar-refractivity contribution < 1.29 is 4.79 Å². The smallest absolute Gasteiger partial charge is 0.149 e. The molecule has 13 heavy (non-hydrogen) atoms. The molecule has 2 nitrogen and oxygen atoms in total. The quantitative estimate of drug-likeness (QED) is 0.666. The summed E-state index contributed by atoms with van der Waals surface area (Å²) in [5.41, 5.74) is 0. The van der Waals surface area contributed by atoms with Crippen molar-refractivity contribution in [2.45, 2.75) is 58.0 Å². The van der Waals surface area contributed by atoms with Crippen LogP contribution in [-0.4, -0.2) is 29.8 Å². The summed E-state index contributed by atoms with van der Waals surface area (Å²) >= 11 is 0. The van der Waals surface area contributed by atoms with Crippen LogP contribution in [0.5, 0.6) is 0 Å². The van der Waals surface area contributed by atoms with Crippen molar-refractivity contribution in [3.63, 3.8) is 0 Å². The molecule has 1 aliphatic carbocycles. The maximum atomic E-state index is 11.5. The van der Waals surface area contributed by atoms with Crippen molar-refractivity contribution in [1.29, 1.82) is 0 Å². The molecule has 2 heteroatoms. The van der Waals surface area contributed by atoms with E-state index in [1.165, 1.54) is 25.7 Å². The van der Waals surface area contributed by atoms with E-state index in [0.717, 1.165) is 0 Å². The van der Waals surface area contributed by atoms with Crippen LogP contribution >= 0.6 is 0 Å². The van der Waals surface area contributed by atoms with Gasteiger partial charge in [0.15, 0.2) is 0 Å². The van der Waals surface area contributed by atoms with Gasteiger partial charge < -0.3 is 0 Å². The summed E-state index contributed by atoms with van der Waals surface area (Å²) in [6, 6.07) is 0.776. The highest BCUT2D eigenvalue weighted by Gasteiger charge is 2.25. The Labute approximate surface area is 81.3 Å². The third-order valence-electron chi connectivity index (χ3n) is 3.33. The second-order valence-corrected chi connectivity index (χ2v) is 4.10. The summed E-state index contributed by atoms with van der Waals surface area (Å²) in [5, 5.41) is 0. The second-order valence-electron chi connectivity index (χ2n) is 4.10. The summed E-state index contributed by atoms with van der Waals surface area (Å²) in [6.45, 7) is 3.98. The summed E-state index contributed by atoms with van der Waals surface area (Å²) in [4.78, 5) is 13.7. The number of hydrogen-bond acceptors (Lipinski definition) is 2. The van der Waals surface area contributed by atoms with Gasteiger partial charge in [0, 0.05) is 12.5 Å². The molecule has 1 rings (SSSR count). The zero-order chi connectivity index (χ0) is 9.84. The molecule has 0 amide bonds. The fourth-order valence-electron chi connectivity index (χ4n) is 2.15. The van der Waals surface area contributed by atoms with Crippen LogP contribution in [0, 0.1) is 0 Å². The minimum atomic E-state index is 0.119. The second kappa shape index (κ2) is 4.75. The number of Topliss-reactive ketones (excluding diaryl/α,β-unsaturated/α-hetero) is 1. The minimum absolute atomic E-state index is 0.119. The lowest BCUT2D eigenvalue weighted by Crippen LogP contribution is -2.41. The van der Waals surface area contributed by atoms with Crippen LogP contribution in [0.3, 0.4) is 0 Å². The molecule has 0 aromatic rings. The lowest BCUT2D eigenvalue weighted by Gasteiger charge is -2.29. The molecule has 0 radical (unpaired) electrons. The van der Waals surface area contributed by atoms with Crippen LogP contribution in [0.15, 0.2) is 0 Å². The first-order valence-corrected chi connectivity index (χ1v) is 5.41. The van der Waals surface area contributed by atoms with Gasteiger partial charge in [0.1, 0.15) is 5.78 Å². The molecule has 0 saturated heterocycles. The molecule has 76 valence electrons. The standard InChI is InChI=1S/C11H21NO/c1-4-11(13)9(2)12(3)10-7-5-6-8-10/h9-10H,4-8H2,1-3H3. The Kier molecular flexibility index (Phi) is 3.91. The molecule has 1 unspecified atom stereocenters. The van der Waals surface area contributed by atoms with Crippen LogP contribution in [0.2, 0.25) is 0 Å². The fourth-order valence-corrected chi connectivity index (χ4v) is 2.15. The van der Waals surface area contributed by atoms with Gasteiger partial charge in [0.05, 0.1) is 6.04 Å². The monoisotopic (exact) mass is 183 g/mol. The van der Waals surface area contributed by atoms with E-state index in [2.05, 4.69) is 11.9 Å². The minimum Gasteiger partial charge on any atom is -0.298 e. The van der Waals surface area contributed by atoms with Gasteiger partial charge in [-0.3, -0.25) is 9.69 Å². The first-order valence-electron chi connectivity index (χ1n) is 5.41. The van der Waals surface area contributed by atoms with Crippen LogP contribution in [0.25, 0.3) is 0 Å². The molecular formula is C11H21NO. The van der Waals surface area contributed by atoms with E-state index in [-0.39, 0.29) is 6.04 Å². The number of ketones is 1. The fraction of sp³-hybridized carbons (Fsp3) is 0.909. The van der Waals surface area contributed by atoms with Crippen molar-refractivity contribution in [2.75, 3.05) is 7.05 Å². The third kappa shape index (κ3) is 2.53. The van der Waals surface area contributed by atoms with Gasteiger partial charge in [-0.15, -0.1) is 0 Å². The highest BCUT2D eigenvalue weighted by atomic mass is 16.1. The molecule has 1 saturated carbocycles. The lowest BCUT2D eigenvalue weighted by molar-refractivity contribution is -0.123. The number of hydrogen-bond donors (Lipinski definition) is 0. The zero-order valence-electron chi connectivity index (χ0n) is 9.05. The van der Waals surface area contributed by atoms with Crippen LogP contribution in [0.4, 0.5) is 0 Å². The van der Waals surface area contributed by atoms with E-state index in [9.17, 15) is 4.79 Å². The number of likely N-dealkylation sites (N-methyl/N-ethyl adjacent to an activating group) is 1. The molecule has 0 aliphatic heterocycles.